The second-order valence-electron chi connectivity index (χ2n) is 6.06. The van der Waals surface area contributed by atoms with Crippen molar-refractivity contribution in [2.24, 2.45) is 5.84 Å². The van der Waals surface area contributed by atoms with Crippen LogP contribution in [0.3, 0.4) is 0 Å². The standard InChI is InChI=1S/C15H27N5/c1-20(2)15(7-4-3-5-8-15)14(19-17)10-12-11-18-9-6-13(12)16/h6,9,11,14,19H,3-5,7-8,10,17H2,1-2H3,(H2,16,18). The Hall–Kier alpha value is -1.17. The van der Waals surface area contributed by atoms with E-state index in [0.29, 0.717) is 0 Å². The largest absolute Gasteiger partial charge is 0.398 e. The summed E-state index contributed by atoms with van der Waals surface area (Å²) in [6.45, 7) is 0. The van der Waals surface area contributed by atoms with E-state index in [-0.39, 0.29) is 11.6 Å². The average Bonchev–Trinajstić information content (AvgIpc) is 2.47. The molecule has 0 amide bonds. The van der Waals surface area contributed by atoms with Gasteiger partial charge in [0.15, 0.2) is 0 Å². The smallest absolute Gasteiger partial charge is 0.0436 e. The van der Waals surface area contributed by atoms with E-state index < -0.39 is 0 Å². The van der Waals surface area contributed by atoms with Crippen molar-refractivity contribution in [1.82, 2.24) is 15.3 Å². The first-order chi connectivity index (χ1) is 9.60. The lowest BCUT2D eigenvalue weighted by atomic mass is 9.73. The second kappa shape index (κ2) is 6.52. The maximum absolute atomic E-state index is 6.05. The summed E-state index contributed by atoms with van der Waals surface area (Å²) in [5, 5.41) is 0. The third-order valence-corrected chi connectivity index (χ3v) is 4.83. The monoisotopic (exact) mass is 277 g/mol. The Morgan fingerprint density at radius 1 is 1.35 bits per heavy atom. The van der Waals surface area contributed by atoms with Gasteiger partial charge in [0.1, 0.15) is 0 Å². The zero-order chi connectivity index (χ0) is 14.6. The van der Waals surface area contributed by atoms with Gasteiger partial charge in [-0.25, -0.2) is 0 Å². The number of nitrogens with one attached hydrogen (secondary N) is 1. The number of hydrazine groups is 1. The number of aromatic nitrogens is 1. The Morgan fingerprint density at radius 2 is 2.05 bits per heavy atom. The Morgan fingerprint density at radius 3 is 2.60 bits per heavy atom. The van der Waals surface area contributed by atoms with Crippen LogP contribution in [0.15, 0.2) is 18.5 Å². The van der Waals surface area contributed by atoms with Crippen LogP contribution in [0, 0.1) is 0 Å². The molecule has 0 aliphatic heterocycles. The lowest BCUT2D eigenvalue weighted by molar-refractivity contribution is 0.0569. The number of pyridine rings is 1. The number of hydrogen-bond donors (Lipinski definition) is 3. The Bertz CT molecular complexity index is 426. The number of anilines is 1. The molecular formula is C15H27N5. The van der Waals surface area contributed by atoms with E-state index in [1.807, 2.05) is 12.3 Å². The molecule has 5 heteroatoms. The quantitative estimate of drug-likeness (QED) is 0.558. The predicted molar refractivity (Wildman–Crippen MR) is 83.0 cm³/mol. The van der Waals surface area contributed by atoms with Crippen LogP contribution in [0.2, 0.25) is 0 Å². The molecule has 1 atom stereocenters. The first kappa shape index (κ1) is 15.2. The fourth-order valence-corrected chi connectivity index (χ4v) is 3.50. The van der Waals surface area contributed by atoms with Gasteiger partial charge in [-0.1, -0.05) is 19.3 Å². The van der Waals surface area contributed by atoms with Gasteiger partial charge in [0.05, 0.1) is 0 Å². The van der Waals surface area contributed by atoms with E-state index in [0.717, 1.165) is 17.7 Å². The predicted octanol–water partition coefficient (Wildman–Crippen LogP) is 1.30. The Labute approximate surface area is 121 Å². The summed E-state index contributed by atoms with van der Waals surface area (Å²) in [7, 11) is 4.31. The minimum Gasteiger partial charge on any atom is -0.398 e. The molecule has 1 fully saturated rings. The number of rotatable bonds is 5. The maximum atomic E-state index is 6.05. The molecule has 1 unspecified atom stereocenters. The van der Waals surface area contributed by atoms with Crippen molar-refractivity contribution in [3.8, 4) is 0 Å². The van der Waals surface area contributed by atoms with Crippen LogP contribution in [-0.2, 0) is 6.42 Å². The Kier molecular flexibility index (Phi) is 4.96. The van der Waals surface area contributed by atoms with Gasteiger partial charge in [0.25, 0.3) is 0 Å². The van der Waals surface area contributed by atoms with E-state index in [9.17, 15) is 0 Å². The van der Waals surface area contributed by atoms with Crippen LogP contribution < -0.4 is 17.0 Å². The first-order valence-electron chi connectivity index (χ1n) is 7.42. The first-order valence-corrected chi connectivity index (χ1v) is 7.42. The molecule has 1 aliphatic rings. The number of nitrogens with zero attached hydrogens (tertiary/aromatic N) is 2. The molecule has 1 aromatic rings. The van der Waals surface area contributed by atoms with Gasteiger partial charge in [-0.05, 0) is 45.0 Å². The van der Waals surface area contributed by atoms with Crippen molar-refractivity contribution in [2.45, 2.75) is 50.1 Å². The molecule has 112 valence electrons. The van der Waals surface area contributed by atoms with E-state index in [1.54, 1.807) is 6.20 Å². The van der Waals surface area contributed by atoms with Gasteiger partial charge in [0.2, 0.25) is 0 Å². The van der Waals surface area contributed by atoms with Crippen LogP contribution in [0.25, 0.3) is 0 Å². The van der Waals surface area contributed by atoms with Crippen LogP contribution in [0.4, 0.5) is 5.69 Å². The molecule has 1 aromatic heterocycles. The highest BCUT2D eigenvalue weighted by atomic mass is 15.3. The molecule has 1 aliphatic carbocycles. The summed E-state index contributed by atoms with van der Waals surface area (Å²) in [4.78, 5) is 6.52. The molecule has 0 aromatic carbocycles. The molecule has 0 bridgehead atoms. The number of nitrogens with two attached hydrogens (primary N) is 2. The van der Waals surface area contributed by atoms with Crippen molar-refractivity contribution in [2.75, 3.05) is 19.8 Å². The second-order valence-corrected chi connectivity index (χ2v) is 6.06. The summed E-state index contributed by atoms with van der Waals surface area (Å²) in [6.07, 6.45) is 10.6. The van der Waals surface area contributed by atoms with Crippen molar-refractivity contribution in [1.29, 1.82) is 0 Å². The third-order valence-electron chi connectivity index (χ3n) is 4.83. The van der Waals surface area contributed by atoms with E-state index in [2.05, 4.69) is 29.4 Å². The van der Waals surface area contributed by atoms with Crippen LogP contribution in [0.1, 0.15) is 37.7 Å². The highest BCUT2D eigenvalue weighted by molar-refractivity contribution is 5.45. The van der Waals surface area contributed by atoms with E-state index in [4.69, 9.17) is 11.6 Å². The molecule has 1 saturated carbocycles. The highest BCUT2D eigenvalue weighted by Crippen LogP contribution is 2.36. The van der Waals surface area contributed by atoms with Crippen molar-refractivity contribution < 1.29 is 0 Å². The molecule has 0 radical (unpaired) electrons. The lowest BCUT2D eigenvalue weighted by Crippen LogP contribution is -2.62. The van der Waals surface area contributed by atoms with Crippen LogP contribution >= 0.6 is 0 Å². The summed E-state index contributed by atoms with van der Waals surface area (Å²) >= 11 is 0. The number of hydrogen-bond acceptors (Lipinski definition) is 5. The minimum absolute atomic E-state index is 0.106. The van der Waals surface area contributed by atoms with E-state index >= 15 is 0 Å². The lowest BCUT2D eigenvalue weighted by Gasteiger charge is -2.48. The molecule has 0 spiro atoms. The van der Waals surface area contributed by atoms with Gasteiger partial charge >= 0.3 is 0 Å². The number of likely N-dealkylation sites (N-methyl/N-ethyl adjacent to an activating group) is 1. The van der Waals surface area contributed by atoms with Gasteiger partial charge in [-0.3, -0.25) is 16.3 Å². The van der Waals surface area contributed by atoms with Crippen molar-refractivity contribution in [3.63, 3.8) is 0 Å². The molecule has 5 N–H and O–H groups in total. The van der Waals surface area contributed by atoms with Crippen LogP contribution in [0.5, 0.6) is 0 Å². The minimum atomic E-state index is 0.106. The molecule has 20 heavy (non-hydrogen) atoms. The zero-order valence-electron chi connectivity index (χ0n) is 12.6. The summed E-state index contributed by atoms with van der Waals surface area (Å²) in [5.41, 5.74) is 11.1. The fourth-order valence-electron chi connectivity index (χ4n) is 3.50. The topological polar surface area (TPSA) is 80.2 Å². The normalized spacial score (nSPS) is 20.0. The maximum Gasteiger partial charge on any atom is 0.0436 e. The zero-order valence-corrected chi connectivity index (χ0v) is 12.6. The fraction of sp³-hybridized carbons (Fsp3) is 0.667. The number of nitrogen functional groups attached to an aromatic ring is 1. The van der Waals surface area contributed by atoms with E-state index in [1.165, 1.54) is 32.1 Å². The van der Waals surface area contributed by atoms with Gasteiger partial charge in [-0.2, -0.15) is 0 Å². The molecular weight excluding hydrogens is 250 g/mol. The van der Waals surface area contributed by atoms with Gasteiger partial charge in [-0.15, -0.1) is 0 Å². The molecule has 5 nitrogen and oxygen atoms in total. The molecule has 2 rings (SSSR count). The summed E-state index contributed by atoms with van der Waals surface area (Å²) in [5.74, 6) is 5.89. The van der Waals surface area contributed by atoms with Gasteiger partial charge in [0, 0.05) is 29.7 Å². The highest BCUT2D eigenvalue weighted by Gasteiger charge is 2.41. The van der Waals surface area contributed by atoms with Crippen LogP contribution in [-0.4, -0.2) is 35.6 Å². The third kappa shape index (κ3) is 2.95. The summed E-state index contributed by atoms with van der Waals surface area (Å²) in [6, 6.07) is 2.04. The summed E-state index contributed by atoms with van der Waals surface area (Å²) < 4.78 is 0. The van der Waals surface area contributed by atoms with Crippen molar-refractivity contribution in [3.05, 3.63) is 24.0 Å². The Balaban J connectivity index is 2.23. The SMILES string of the molecule is CN(C)C1(C(Cc2cnccc2N)NN)CCCCC1. The van der Waals surface area contributed by atoms with Gasteiger partial charge < -0.3 is 10.6 Å². The average molecular weight is 277 g/mol. The molecule has 1 heterocycles. The molecule has 0 saturated heterocycles. The van der Waals surface area contributed by atoms with Crippen molar-refractivity contribution >= 4 is 5.69 Å².